The molecule has 1 unspecified atom stereocenters. The molecule has 0 saturated carbocycles. The summed E-state index contributed by atoms with van der Waals surface area (Å²) in [5.41, 5.74) is 6.62. The molecule has 3 rings (SSSR count). The number of halogens is 1. The lowest BCUT2D eigenvalue weighted by atomic mass is 9.90. The number of likely N-dealkylation sites (tertiary alicyclic amines) is 1. The van der Waals surface area contributed by atoms with Gasteiger partial charge in [0.2, 0.25) is 0 Å². The molecule has 7 heteroatoms. The van der Waals surface area contributed by atoms with Crippen LogP contribution in [0.25, 0.3) is 0 Å². The second-order valence-corrected chi connectivity index (χ2v) is 9.04. The fourth-order valence-corrected chi connectivity index (χ4v) is 5.30. The van der Waals surface area contributed by atoms with Crippen molar-refractivity contribution in [1.29, 1.82) is 0 Å². The maximum absolute atomic E-state index is 11.9. The summed E-state index contributed by atoms with van der Waals surface area (Å²) < 4.78 is 19.6. The highest BCUT2D eigenvalue weighted by Crippen LogP contribution is 2.37. The van der Waals surface area contributed by atoms with Gasteiger partial charge in [-0.25, -0.2) is 4.79 Å². The van der Waals surface area contributed by atoms with Gasteiger partial charge in [-0.2, -0.15) is 0 Å². The van der Waals surface area contributed by atoms with Crippen LogP contribution < -0.4 is 5.73 Å². The van der Waals surface area contributed by atoms with Crippen molar-refractivity contribution in [3.05, 3.63) is 20.8 Å². The summed E-state index contributed by atoms with van der Waals surface area (Å²) in [5, 5.41) is 0. The minimum atomic E-state index is -0.566. The summed E-state index contributed by atoms with van der Waals surface area (Å²) in [7, 11) is 1.38. The van der Waals surface area contributed by atoms with E-state index in [-0.39, 0.29) is 12.1 Å². The van der Waals surface area contributed by atoms with E-state index in [4.69, 9.17) is 19.9 Å². The summed E-state index contributed by atoms with van der Waals surface area (Å²) in [6.45, 7) is 6.14. The van der Waals surface area contributed by atoms with Gasteiger partial charge in [0, 0.05) is 5.92 Å². The lowest BCUT2D eigenvalue weighted by molar-refractivity contribution is -0.136. The van der Waals surface area contributed by atoms with Gasteiger partial charge in [0.1, 0.15) is 22.0 Å². The Morgan fingerprint density at radius 2 is 2.16 bits per heavy atom. The Labute approximate surface area is 159 Å². The largest absolute Gasteiger partial charge is 0.485 e. The van der Waals surface area contributed by atoms with E-state index in [0.29, 0.717) is 29.6 Å². The fraction of sp³-hybridized carbons (Fsp3) is 0.667. The normalized spacial score (nSPS) is 25.0. The molecule has 140 valence electrons. The first kappa shape index (κ1) is 18.7. The first-order chi connectivity index (χ1) is 12.1. The fourth-order valence-electron chi connectivity index (χ4n) is 3.46. The molecule has 0 aromatic heterocycles. The third kappa shape index (κ3) is 4.19. The Hall–Kier alpha value is -1.09. The number of nitrogens with zero attached hydrogens (tertiary/aromatic N) is 1. The van der Waals surface area contributed by atoms with Crippen LogP contribution in [0.4, 0.5) is 0 Å². The van der Waals surface area contributed by atoms with Crippen LogP contribution in [0.2, 0.25) is 0 Å². The van der Waals surface area contributed by atoms with Gasteiger partial charge in [0.15, 0.2) is 11.5 Å². The molecule has 2 saturated heterocycles. The third-order valence-electron chi connectivity index (χ3n) is 5.00. The summed E-state index contributed by atoms with van der Waals surface area (Å²) in [4.78, 5) is 14.5. The number of rotatable bonds is 5. The Kier molecular flexibility index (Phi) is 6.38. The van der Waals surface area contributed by atoms with Gasteiger partial charge in [0.25, 0.3) is 0 Å². The first-order valence-electron chi connectivity index (χ1n) is 8.95. The van der Waals surface area contributed by atoms with Crippen LogP contribution >= 0.6 is 20.7 Å². The van der Waals surface area contributed by atoms with Crippen LogP contribution in [0.5, 0.6) is 0 Å². The highest BCUT2D eigenvalue weighted by Gasteiger charge is 2.37. The first-order valence-corrected chi connectivity index (χ1v) is 11.3. The number of unbranched alkanes of at least 4 members (excludes halogenated alkanes) is 1. The minimum Gasteiger partial charge on any atom is -0.485 e. The number of fused-ring (bicyclic) bond motifs is 1. The van der Waals surface area contributed by atoms with Gasteiger partial charge >= 0.3 is 5.97 Å². The molecule has 0 radical (unpaired) electrons. The average molecular weight is 462 g/mol. The molecule has 0 aromatic rings. The van der Waals surface area contributed by atoms with E-state index in [0.717, 1.165) is 29.6 Å². The summed E-state index contributed by atoms with van der Waals surface area (Å²) in [5.74, 6) is 1.14. The molecule has 0 amide bonds. The quantitative estimate of drug-likeness (QED) is 0.384. The van der Waals surface area contributed by atoms with Crippen molar-refractivity contribution in [2.45, 2.75) is 38.7 Å². The monoisotopic (exact) mass is 462 g/mol. The van der Waals surface area contributed by atoms with Gasteiger partial charge in [-0.1, -0.05) is 34.1 Å². The molecule has 0 aromatic carbocycles. The van der Waals surface area contributed by atoms with Crippen molar-refractivity contribution >= 4 is 30.7 Å². The maximum atomic E-state index is 11.9. The molecule has 2 fully saturated rings. The molecule has 25 heavy (non-hydrogen) atoms. The van der Waals surface area contributed by atoms with E-state index in [2.05, 4.69) is 11.8 Å². The maximum Gasteiger partial charge on any atom is 0.342 e. The van der Waals surface area contributed by atoms with Crippen molar-refractivity contribution in [2.75, 3.05) is 33.4 Å². The second-order valence-electron chi connectivity index (χ2n) is 6.63. The van der Waals surface area contributed by atoms with Crippen LogP contribution in [0.1, 0.15) is 32.6 Å². The molecule has 0 spiro atoms. The van der Waals surface area contributed by atoms with Gasteiger partial charge in [0.05, 0.1) is 7.11 Å². The smallest absolute Gasteiger partial charge is 0.342 e. The highest BCUT2D eigenvalue weighted by molar-refractivity contribution is 14.2. The molecular weight excluding hydrogens is 435 g/mol. The van der Waals surface area contributed by atoms with Gasteiger partial charge in [-0.15, -0.1) is 0 Å². The molecule has 0 aliphatic carbocycles. The van der Waals surface area contributed by atoms with Crippen molar-refractivity contribution in [3.8, 4) is 0 Å². The van der Waals surface area contributed by atoms with Gasteiger partial charge < -0.3 is 24.8 Å². The van der Waals surface area contributed by atoms with Crippen LogP contribution in [0.3, 0.4) is 0 Å². The van der Waals surface area contributed by atoms with Crippen LogP contribution in [0, 0.1) is 5.92 Å². The van der Waals surface area contributed by atoms with Crippen molar-refractivity contribution in [1.82, 2.24) is 4.90 Å². The molecular formula is C18H27IN2O4. The van der Waals surface area contributed by atoms with Gasteiger partial charge in [-0.05, 0) is 42.9 Å². The van der Waals surface area contributed by atoms with Crippen molar-refractivity contribution in [3.63, 3.8) is 0 Å². The number of methoxy groups -OCH3 is 1. The molecule has 0 bridgehead atoms. The Morgan fingerprint density at radius 1 is 1.40 bits per heavy atom. The SMILES string of the molecule is CCCCN1CCC(C2COC3=C(C(=O)OC)C=IC(N)=C3O2)CC1. The lowest BCUT2D eigenvalue weighted by Gasteiger charge is -2.39. The molecule has 2 N–H and O–H groups in total. The predicted octanol–water partition coefficient (Wildman–Crippen LogP) is 2.26. The molecule has 3 heterocycles. The topological polar surface area (TPSA) is 74.0 Å². The Bertz CT molecular complexity index is 606. The minimum absolute atomic E-state index is 0.0200. The summed E-state index contributed by atoms with van der Waals surface area (Å²) in [6, 6.07) is 0. The van der Waals surface area contributed by atoms with E-state index in [1.165, 1.54) is 26.5 Å². The second kappa shape index (κ2) is 8.53. The van der Waals surface area contributed by atoms with Crippen LogP contribution in [-0.2, 0) is 19.0 Å². The number of hydrogen-bond acceptors (Lipinski definition) is 6. The van der Waals surface area contributed by atoms with E-state index >= 15 is 0 Å². The zero-order chi connectivity index (χ0) is 17.8. The number of nitrogens with two attached hydrogens (primary N) is 1. The van der Waals surface area contributed by atoms with Gasteiger partial charge in [-0.3, -0.25) is 0 Å². The van der Waals surface area contributed by atoms with E-state index in [1.807, 2.05) is 4.01 Å². The lowest BCUT2D eigenvalue weighted by Crippen LogP contribution is -2.42. The number of esters is 1. The third-order valence-corrected chi connectivity index (χ3v) is 7.10. The average Bonchev–Trinajstić information content (AvgIpc) is 2.66. The number of piperidine rings is 1. The summed E-state index contributed by atoms with van der Waals surface area (Å²) >= 11 is -0.566. The molecule has 3 aliphatic heterocycles. The zero-order valence-corrected chi connectivity index (χ0v) is 17.1. The van der Waals surface area contributed by atoms with Crippen LogP contribution in [0.15, 0.2) is 20.8 Å². The van der Waals surface area contributed by atoms with E-state index < -0.39 is 20.7 Å². The number of carbonyl (C=O) groups excluding carboxylic acids is 1. The highest BCUT2D eigenvalue weighted by atomic mass is 127. The number of hydrogen-bond donors (Lipinski definition) is 1. The molecule has 6 nitrogen and oxygen atoms in total. The molecule has 1 atom stereocenters. The van der Waals surface area contributed by atoms with E-state index in [1.54, 1.807) is 0 Å². The Balaban J connectivity index is 1.65. The van der Waals surface area contributed by atoms with Crippen molar-refractivity contribution in [2.24, 2.45) is 11.7 Å². The standard InChI is InChI=1S/C18H27IN2O4/c1-3-4-7-21-8-5-12(6-9-21)14-11-24-15-13(18(22)23-2)10-19-17(20)16(15)25-14/h10,12,14H,3-9,11,20H2,1-2H3. The van der Waals surface area contributed by atoms with E-state index in [9.17, 15) is 4.79 Å². The predicted molar refractivity (Wildman–Crippen MR) is 105 cm³/mol. The number of ether oxygens (including phenoxy) is 3. The number of carbonyl (C=O) groups is 1. The van der Waals surface area contributed by atoms with Crippen LogP contribution in [-0.4, -0.2) is 54.3 Å². The zero-order valence-electron chi connectivity index (χ0n) is 14.9. The summed E-state index contributed by atoms with van der Waals surface area (Å²) in [6.07, 6.45) is 4.77. The molecule has 3 aliphatic rings. The van der Waals surface area contributed by atoms with Crippen molar-refractivity contribution < 1.29 is 19.0 Å². The Morgan fingerprint density at radius 3 is 2.84 bits per heavy atom.